The normalized spacial score (nSPS) is 13.0. The van der Waals surface area contributed by atoms with Crippen molar-refractivity contribution in [1.82, 2.24) is 25.2 Å². The standard InChI is InChI=1S/C45H37F3N6O2/c1-2-36-29-40(41-39(49-36)23-14-28-53(41)43(55)45(46,47)48)56-30-31-24-26-32(27-25-31)37-21-12-13-22-38(37)42-50-52-54(51-42)44(33-15-6-3-7-16-33,34-17-8-4-9-18-34)35-19-10-5-11-20-35/h3-13,15-22,24-27,29H,2,14,23,28,30H2,1H3. The summed E-state index contributed by atoms with van der Waals surface area (Å²) in [6, 6.07) is 47.7. The Balaban J connectivity index is 1.11. The van der Waals surface area contributed by atoms with E-state index < -0.39 is 17.6 Å². The molecule has 56 heavy (non-hydrogen) atoms. The van der Waals surface area contributed by atoms with Crippen LogP contribution in [-0.4, -0.2) is 43.8 Å². The van der Waals surface area contributed by atoms with E-state index in [1.807, 2.05) is 110 Å². The summed E-state index contributed by atoms with van der Waals surface area (Å²) in [6.07, 6.45) is -3.60. The van der Waals surface area contributed by atoms with E-state index in [9.17, 15) is 18.0 Å². The number of aromatic nitrogens is 5. The van der Waals surface area contributed by atoms with Gasteiger partial charge in [-0.3, -0.25) is 14.7 Å². The Kier molecular flexibility index (Phi) is 9.90. The summed E-state index contributed by atoms with van der Waals surface area (Å²) in [5.41, 5.74) is 6.60. The van der Waals surface area contributed by atoms with Gasteiger partial charge in [-0.15, -0.1) is 15.0 Å². The molecule has 0 bridgehead atoms. The molecule has 5 aromatic carbocycles. The van der Waals surface area contributed by atoms with Crippen LogP contribution in [0.4, 0.5) is 18.9 Å². The highest BCUT2D eigenvalue weighted by atomic mass is 19.4. The van der Waals surface area contributed by atoms with Gasteiger partial charge in [0.15, 0.2) is 5.54 Å². The molecule has 0 N–H and O–H groups in total. The molecule has 7 aromatic rings. The molecule has 1 aliphatic rings. The van der Waals surface area contributed by atoms with Crippen molar-refractivity contribution in [3.8, 4) is 28.3 Å². The number of nitrogens with zero attached hydrogens (tertiary/aromatic N) is 6. The van der Waals surface area contributed by atoms with Gasteiger partial charge in [0.05, 0.1) is 5.69 Å². The fourth-order valence-electron chi connectivity index (χ4n) is 7.47. The second kappa shape index (κ2) is 15.3. The minimum Gasteiger partial charge on any atom is -0.487 e. The van der Waals surface area contributed by atoms with Crippen molar-refractivity contribution in [1.29, 1.82) is 0 Å². The quantitative estimate of drug-likeness (QED) is 0.130. The highest BCUT2D eigenvalue weighted by molar-refractivity contribution is 5.99. The molecular formula is C45H37F3N6O2. The minimum absolute atomic E-state index is 0.0582. The van der Waals surface area contributed by atoms with Crippen molar-refractivity contribution in [3.05, 3.63) is 179 Å². The van der Waals surface area contributed by atoms with Crippen LogP contribution in [0.15, 0.2) is 146 Å². The van der Waals surface area contributed by atoms with Crippen LogP contribution >= 0.6 is 0 Å². The highest BCUT2D eigenvalue weighted by Gasteiger charge is 2.45. The molecule has 0 saturated heterocycles. The summed E-state index contributed by atoms with van der Waals surface area (Å²) in [5.74, 6) is -1.25. The number of halogens is 3. The van der Waals surface area contributed by atoms with Crippen molar-refractivity contribution < 1.29 is 22.7 Å². The number of hydrogen-bond acceptors (Lipinski definition) is 6. The number of fused-ring (bicyclic) bond motifs is 1. The third-order valence-electron chi connectivity index (χ3n) is 10.1. The van der Waals surface area contributed by atoms with Crippen molar-refractivity contribution in [2.45, 2.75) is 44.5 Å². The van der Waals surface area contributed by atoms with Gasteiger partial charge in [-0.25, -0.2) is 0 Å². The number of anilines is 1. The zero-order valence-corrected chi connectivity index (χ0v) is 30.5. The molecule has 0 radical (unpaired) electrons. The Labute approximate surface area is 322 Å². The fraction of sp³-hybridized carbons (Fsp3) is 0.178. The Hall–Kier alpha value is -6.62. The van der Waals surface area contributed by atoms with Gasteiger partial charge < -0.3 is 4.74 Å². The molecule has 280 valence electrons. The summed E-state index contributed by atoms with van der Waals surface area (Å²) >= 11 is 0. The molecule has 3 heterocycles. The topological polar surface area (TPSA) is 86.0 Å². The van der Waals surface area contributed by atoms with E-state index in [1.165, 1.54) is 0 Å². The van der Waals surface area contributed by atoms with Gasteiger partial charge >= 0.3 is 12.1 Å². The van der Waals surface area contributed by atoms with E-state index >= 15 is 0 Å². The van der Waals surface area contributed by atoms with Crippen molar-refractivity contribution in [3.63, 3.8) is 0 Å². The number of hydrogen-bond donors (Lipinski definition) is 0. The second-order valence-corrected chi connectivity index (χ2v) is 13.6. The van der Waals surface area contributed by atoms with Crippen molar-refractivity contribution >= 4 is 11.6 Å². The fourth-order valence-corrected chi connectivity index (χ4v) is 7.47. The Morgan fingerprint density at radius 1 is 0.750 bits per heavy atom. The largest absolute Gasteiger partial charge is 0.487 e. The maximum Gasteiger partial charge on any atom is 0.471 e. The number of carbonyl (C=O) groups is 1. The van der Waals surface area contributed by atoms with Gasteiger partial charge in [0.25, 0.3) is 0 Å². The van der Waals surface area contributed by atoms with E-state index in [-0.39, 0.29) is 24.6 Å². The van der Waals surface area contributed by atoms with Gasteiger partial charge in [-0.2, -0.15) is 13.2 Å². The first-order chi connectivity index (χ1) is 27.3. The molecule has 1 amide bonds. The van der Waals surface area contributed by atoms with Crippen LogP contribution in [0.5, 0.6) is 5.75 Å². The predicted molar refractivity (Wildman–Crippen MR) is 208 cm³/mol. The first-order valence-electron chi connectivity index (χ1n) is 18.5. The number of tetrazole rings is 1. The van der Waals surface area contributed by atoms with Crippen molar-refractivity contribution in [2.24, 2.45) is 0 Å². The van der Waals surface area contributed by atoms with Crippen LogP contribution < -0.4 is 9.64 Å². The smallest absolute Gasteiger partial charge is 0.471 e. The predicted octanol–water partition coefficient (Wildman–Crippen LogP) is 9.23. The average molecular weight is 751 g/mol. The van der Waals surface area contributed by atoms with Gasteiger partial charge in [-0.1, -0.05) is 146 Å². The van der Waals surface area contributed by atoms with E-state index in [0.29, 0.717) is 36.5 Å². The van der Waals surface area contributed by atoms with Crippen molar-refractivity contribution in [2.75, 3.05) is 11.4 Å². The lowest BCUT2D eigenvalue weighted by Crippen LogP contribution is -2.44. The lowest BCUT2D eigenvalue weighted by molar-refractivity contribution is -0.170. The van der Waals surface area contributed by atoms with Crippen LogP contribution in [-0.2, 0) is 29.8 Å². The molecule has 8 nitrogen and oxygen atoms in total. The minimum atomic E-state index is -5.01. The third-order valence-corrected chi connectivity index (χ3v) is 10.1. The molecule has 2 aromatic heterocycles. The van der Waals surface area contributed by atoms with Gasteiger partial charge in [0.1, 0.15) is 18.0 Å². The summed E-state index contributed by atoms with van der Waals surface area (Å²) in [5, 5.41) is 14.5. The zero-order chi connectivity index (χ0) is 38.7. The first kappa shape index (κ1) is 36.4. The van der Waals surface area contributed by atoms with E-state index in [0.717, 1.165) is 43.8 Å². The molecule has 0 atom stereocenters. The van der Waals surface area contributed by atoms with Crippen LogP contribution in [0.25, 0.3) is 22.5 Å². The maximum absolute atomic E-state index is 13.6. The SMILES string of the molecule is CCc1cc(OCc2ccc(-c3ccccc3-c3nnn(C(c4ccccc4)(c4ccccc4)c4ccccc4)n3)cc2)c2c(n1)CCCN2C(=O)C(F)(F)F. The maximum atomic E-state index is 13.6. The number of amides is 1. The number of ether oxygens (including phenoxy) is 1. The number of rotatable bonds is 10. The first-order valence-corrected chi connectivity index (χ1v) is 18.5. The van der Waals surface area contributed by atoms with Gasteiger partial charge in [0.2, 0.25) is 5.82 Å². The number of carbonyl (C=O) groups excluding carboxylic acids is 1. The molecule has 0 saturated carbocycles. The average Bonchev–Trinajstić information content (AvgIpc) is 3.74. The van der Waals surface area contributed by atoms with E-state index in [4.69, 9.17) is 15.0 Å². The second-order valence-electron chi connectivity index (χ2n) is 13.6. The van der Waals surface area contributed by atoms with Crippen LogP contribution in [0, 0.1) is 0 Å². The molecule has 0 aliphatic carbocycles. The highest BCUT2D eigenvalue weighted by Crippen LogP contribution is 2.41. The van der Waals surface area contributed by atoms with E-state index in [2.05, 4.69) is 46.5 Å². The molecule has 0 unspecified atom stereocenters. The zero-order valence-electron chi connectivity index (χ0n) is 30.5. The summed E-state index contributed by atoms with van der Waals surface area (Å²) < 4.78 is 46.9. The van der Waals surface area contributed by atoms with Gasteiger partial charge in [0, 0.05) is 23.9 Å². The van der Waals surface area contributed by atoms with Crippen LogP contribution in [0.3, 0.4) is 0 Å². The third kappa shape index (κ3) is 6.81. The molecule has 0 spiro atoms. The number of alkyl halides is 3. The lowest BCUT2D eigenvalue weighted by Gasteiger charge is -2.34. The Morgan fingerprint density at radius 2 is 1.32 bits per heavy atom. The molecule has 0 fully saturated rings. The molecule has 1 aliphatic heterocycles. The summed E-state index contributed by atoms with van der Waals surface area (Å²) in [6.45, 7) is 1.93. The van der Waals surface area contributed by atoms with E-state index in [1.54, 1.807) is 10.9 Å². The Morgan fingerprint density at radius 3 is 1.89 bits per heavy atom. The Bertz CT molecular complexity index is 2360. The van der Waals surface area contributed by atoms with Gasteiger partial charge in [-0.05, 0) is 57.9 Å². The van der Waals surface area contributed by atoms with Crippen LogP contribution in [0.2, 0.25) is 0 Å². The van der Waals surface area contributed by atoms with Crippen LogP contribution in [0.1, 0.15) is 47.0 Å². The monoisotopic (exact) mass is 750 g/mol. The number of benzene rings is 5. The molecule has 11 heteroatoms. The molecular weight excluding hydrogens is 714 g/mol. The number of pyridine rings is 1. The summed E-state index contributed by atoms with van der Waals surface area (Å²) in [7, 11) is 0. The summed E-state index contributed by atoms with van der Waals surface area (Å²) in [4.78, 5) is 19.4. The lowest BCUT2D eigenvalue weighted by atomic mass is 9.77. The molecule has 8 rings (SSSR count). The number of aryl methyl sites for hydroxylation is 2.